The first-order valence-electron chi connectivity index (χ1n) is 7.77. The first kappa shape index (κ1) is 18.9. The Labute approximate surface area is 170 Å². The molecule has 1 fully saturated rings. The van der Waals surface area contributed by atoms with E-state index in [1.807, 2.05) is 31.2 Å². The molecule has 4 nitrogen and oxygen atoms in total. The Bertz CT molecular complexity index is 894. The summed E-state index contributed by atoms with van der Waals surface area (Å²) in [7, 11) is 1.59. The van der Waals surface area contributed by atoms with Crippen molar-refractivity contribution in [1.29, 1.82) is 0 Å². The predicted molar refractivity (Wildman–Crippen MR) is 113 cm³/mol. The van der Waals surface area contributed by atoms with Crippen molar-refractivity contribution in [3.8, 4) is 11.5 Å². The number of thiocarbonyl (C=S) groups is 1. The van der Waals surface area contributed by atoms with Gasteiger partial charge in [-0.15, -0.1) is 0 Å². The lowest BCUT2D eigenvalue weighted by Gasteiger charge is -2.14. The van der Waals surface area contributed by atoms with E-state index in [9.17, 15) is 4.79 Å². The van der Waals surface area contributed by atoms with Gasteiger partial charge in [-0.25, -0.2) is 0 Å². The van der Waals surface area contributed by atoms with E-state index in [1.165, 1.54) is 17.3 Å². The largest absolute Gasteiger partial charge is 0.493 e. The van der Waals surface area contributed by atoms with Crippen LogP contribution in [0.2, 0.25) is 0 Å². The zero-order valence-corrected chi connectivity index (χ0v) is 17.4. The van der Waals surface area contributed by atoms with Crippen molar-refractivity contribution < 1.29 is 14.3 Å². The Morgan fingerprint density at radius 3 is 2.62 bits per heavy atom. The van der Waals surface area contributed by atoms with Crippen LogP contribution in [0.25, 0.3) is 6.08 Å². The summed E-state index contributed by atoms with van der Waals surface area (Å²) < 4.78 is 12.6. The average Bonchev–Trinajstić information content (AvgIpc) is 2.92. The fourth-order valence-corrected chi connectivity index (χ4v) is 3.99. The fraction of sp³-hybridized carbons (Fsp3) is 0.158. The van der Waals surface area contributed by atoms with Gasteiger partial charge < -0.3 is 14.8 Å². The standard InChI is InChI=1S/C19H16BrNO3S2/c1-11-3-5-12(6-4-11)10-24-17-14(20)7-13(8-15(17)23-2)9-16-18(22)21-19(25)26-16/h3-9H,10H2,1-2H3,(H,21,22,25)/b16-9-. The Kier molecular flexibility index (Phi) is 6.01. The molecule has 3 rings (SSSR count). The number of nitrogens with one attached hydrogen (secondary N) is 1. The summed E-state index contributed by atoms with van der Waals surface area (Å²) in [5, 5.41) is 2.60. The Balaban J connectivity index is 1.83. The van der Waals surface area contributed by atoms with Gasteiger partial charge in [0.15, 0.2) is 11.5 Å². The molecule has 1 amide bonds. The van der Waals surface area contributed by atoms with Gasteiger partial charge in [-0.1, -0.05) is 53.8 Å². The number of thioether (sulfide) groups is 1. The van der Waals surface area contributed by atoms with E-state index in [1.54, 1.807) is 13.2 Å². The predicted octanol–water partition coefficient (Wildman–Crippen LogP) is 4.83. The number of carbonyl (C=O) groups excluding carboxylic acids is 1. The van der Waals surface area contributed by atoms with Crippen LogP contribution in [0.15, 0.2) is 45.8 Å². The van der Waals surface area contributed by atoms with Crippen molar-refractivity contribution in [3.63, 3.8) is 0 Å². The van der Waals surface area contributed by atoms with Gasteiger partial charge in [-0.2, -0.15) is 0 Å². The zero-order valence-electron chi connectivity index (χ0n) is 14.2. The summed E-state index contributed by atoms with van der Waals surface area (Å²) >= 11 is 9.79. The van der Waals surface area contributed by atoms with Gasteiger partial charge >= 0.3 is 0 Å². The molecule has 1 heterocycles. The van der Waals surface area contributed by atoms with E-state index in [0.717, 1.165) is 15.6 Å². The van der Waals surface area contributed by atoms with Crippen molar-refractivity contribution >= 4 is 56.2 Å². The third-order valence-electron chi connectivity index (χ3n) is 3.70. The SMILES string of the molecule is COc1cc(/C=C2\SC(=S)NC2=O)cc(Br)c1OCc1ccc(C)cc1. The van der Waals surface area contributed by atoms with Crippen LogP contribution in [0.4, 0.5) is 0 Å². The highest BCUT2D eigenvalue weighted by Gasteiger charge is 2.22. The minimum atomic E-state index is -0.185. The van der Waals surface area contributed by atoms with E-state index in [2.05, 4.69) is 33.4 Å². The molecule has 0 saturated carbocycles. The number of methoxy groups -OCH3 is 1. The van der Waals surface area contributed by atoms with E-state index in [0.29, 0.717) is 27.3 Å². The molecule has 26 heavy (non-hydrogen) atoms. The molecule has 0 atom stereocenters. The van der Waals surface area contributed by atoms with Gasteiger partial charge in [-0.3, -0.25) is 4.79 Å². The van der Waals surface area contributed by atoms with Crippen LogP contribution in [0.5, 0.6) is 11.5 Å². The highest BCUT2D eigenvalue weighted by molar-refractivity contribution is 9.10. The highest BCUT2D eigenvalue weighted by atomic mass is 79.9. The van der Waals surface area contributed by atoms with Crippen molar-refractivity contribution in [2.24, 2.45) is 0 Å². The topological polar surface area (TPSA) is 47.6 Å². The number of amides is 1. The van der Waals surface area contributed by atoms with Crippen molar-refractivity contribution in [2.45, 2.75) is 13.5 Å². The molecule has 2 aromatic carbocycles. The molecule has 0 spiro atoms. The molecule has 2 aromatic rings. The number of halogens is 1. The van der Waals surface area contributed by atoms with Crippen LogP contribution < -0.4 is 14.8 Å². The maximum Gasteiger partial charge on any atom is 0.263 e. The van der Waals surface area contributed by atoms with E-state index in [-0.39, 0.29) is 5.91 Å². The van der Waals surface area contributed by atoms with Crippen molar-refractivity contribution in [3.05, 3.63) is 62.5 Å². The number of hydrogen-bond acceptors (Lipinski definition) is 5. The molecule has 0 aromatic heterocycles. The molecule has 0 aliphatic carbocycles. The van der Waals surface area contributed by atoms with E-state index < -0.39 is 0 Å². The molecule has 0 radical (unpaired) electrons. The second kappa shape index (κ2) is 8.24. The fourth-order valence-electron chi connectivity index (χ4n) is 2.38. The molecule has 134 valence electrons. The number of rotatable bonds is 5. The number of aryl methyl sites for hydroxylation is 1. The smallest absolute Gasteiger partial charge is 0.263 e. The van der Waals surface area contributed by atoms with Gasteiger partial charge in [-0.05, 0) is 52.2 Å². The molecular weight excluding hydrogens is 434 g/mol. The van der Waals surface area contributed by atoms with E-state index >= 15 is 0 Å². The Hall–Kier alpha value is -1.83. The van der Waals surface area contributed by atoms with Crippen LogP contribution in [0.3, 0.4) is 0 Å². The maximum absolute atomic E-state index is 11.8. The average molecular weight is 450 g/mol. The summed E-state index contributed by atoms with van der Waals surface area (Å²) in [6, 6.07) is 11.9. The van der Waals surface area contributed by atoms with Gasteiger partial charge in [0.1, 0.15) is 10.9 Å². The molecule has 7 heteroatoms. The molecule has 0 bridgehead atoms. The zero-order chi connectivity index (χ0) is 18.7. The van der Waals surface area contributed by atoms with E-state index in [4.69, 9.17) is 21.7 Å². The van der Waals surface area contributed by atoms with Gasteiger partial charge in [0.2, 0.25) is 0 Å². The van der Waals surface area contributed by atoms with Crippen LogP contribution in [-0.2, 0) is 11.4 Å². The molecule has 1 aliphatic heterocycles. The van der Waals surface area contributed by atoms with Crippen molar-refractivity contribution in [2.75, 3.05) is 7.11 Å². The molecule has 1 aliphatic rings. The maximum atomic E-state index is 11.8. The number of carbonyl (C=O) groups is 1. The second-order valence-electron chi connectivity index (χ2n) is 5.66. The summed E-state index contributed by atoms with van der Waals surface area (Å²) in [6.07, 6.45) is 1.77. The lowest BCUT2D eigenvalue weighted by molar-refractivity contribution is -0.115. The minimum absolute atomic E-state index is 0.185. The van der Waals surface area contributed by atoms with Gasteiger partial charge in [0.25, 0.3) is 5.91 Å². The Morgan fingerprint density at radius 2 is 2.00 bits per heavy atom. The third kappa shape index (κ3) is 4.47. The molecular formula is C19H16BrNO3S2. The molecule has 1 N–H and O–H groups in total. The second-order valence-corrected chi connectivity index (χ2v) is 8.23. The number of ether oxygens (including phenoxy) is 2. The van der Waals surface area contributed by atoms with Crippen molar-refractivity contribution in [1.82, 2.24) is 5.32 Å². The van der Waals surface area contributed by atoms with Gasteiger partial charge in [0, 0.05) is 0 Å². The van der Waals surface area contributed by atoms with Crippen LogP contribution in [0.1, 0.15) is 16.7 Å². The first-order chi connectivity index (χ1) is 12.5. The minimum Gasteiger partial charge on any atom is -0.493 e. The summed E-state index contributed by atoms with van der Waals surface area (Å²) in [4.78, 5) is 12.4. The Morgan fingerprint density at radius 1 is 1.27 bits per heavy atom. The lowest BCUT2D eigenvalue weighted by Crippen LogP contribution is -2.17. The normalized spacial score (nSPS) is 15.3. The summed E-state index contributed by atoms with van der Waals surface area (Å²) in [5.74, 6) is 1.02. The number of benzene rings is 2. The van der Waals surface area contributed by atoms with Crippen LogP contribution >= 0.6 is 39.9 Å². The summed E-state index contributed by atoms with van der Waals surface area (Å²) in [6.45, 7) is 2.48. The molecule has 1 saturated heterocycles. The lowest BCUT2D eigenvalue weighted by atomic mass is 10.1. The van der Waals surface area contributed by atoms with Crippen LogP contribution in [0, 0.1) is 6.92 Å². The quantitative estimate of drug-likeness (QED) is 0.522. The summed E-state index contributed by atoms with van der Waals surface area (Å²) in [5.41, 5.74) is 3.10. The number of hydrogen-bond donors (Lipinski definition) is 1. The monoisotopic (exact) mass is 449 g/mol. The third-order valence-corrected chi connectivity index (χ3v) is 5.45. The highest BCUT2D eigenvalue weighted by Crippen LogP contribution is 2.38. The van der Waals surface area contributed by atoms with Gasteiger partial charge in [0.05, 0.1) is 16.5 Å². The van der Waals surface area contributed by atoms with Crippen LogP contribution in [-0.4, -0.2) is 17.3 Å². The molecule has 0 unspecified atom stereocenters. The first-order valence-corrected chi connectivity index (χ1v) is 9.79.